The van der Waals surface area contributed by atoms with Crippen molar-refractivity contribution in [2.24, 2.45) is 0 Å². The van der Waals surface area contributed by atoms with E-state index in [1.165, 1.54) is 11.1 Å². The molecule has 0 aromatic heterocycles. The lowest BCUT2D eigenvalue weighted by Crippen LogP contribution is -2.10. The summed E-state index contributed by atoms with van der Waals surface area (Å²) in [6.07, 6.45) is 0. The van der Waals surface area contributed by atoms with Gasteiger partial charge >= 0.3 is 0 Å². The Bertz CT molecular complexity index is 477. The highest BCUT2D eigenvalue weighted by molar-refractivity contribution is 5.31. The van der Waals surface area contributed by atoms with Crippen LogP contribution in [0.3, 0.4) is 0 Å². The van der Waals surface area contributed by atoms with E-state index in [4.69, 9.17) is 4.74 Å². The molecular formula is C19H26O. The quantitative estimate of drug-likeness (QED) is 0.706. The zero-order valence-electron chi connectivity index (χ0n) is 13.3. The summed E-state index contributed by atoms with van der Waals surface area (Å²) in [6, 6.07) is 18.6. The Balaban J connectivity index is 0.000000956. The van der Waals surface area contributed by atoms with E-state index in [1.54, 1.807) is 0 Å². The third-order valence-electron chi connectivity index (χ3n) is 2.97. The molecule has 1 heteroatoms. The van der Waals surface area contributed by atoms with Gasteiger partial charge in [-0.15, -0.1) is 0 Å². The lowest BCUT2D eigenvalue weighted by Gasteiger charge is -2.19. The molecule has 0 aliphatic carbocycles. The Morgan fingerprint density at radius 1 is 0.800 bits per heavy atom. The minimum atomic E-state index is 0.192. The van der Waals surface area contributed by atoms with Crippen LogP contribution in [0.15, 0.2) is 54.6 Å². The highest BCUT2D eigenvalue weighted by Crippen LogP contribution is 2.24. The third-order valence-corrected chi connectivity index (χ3v) is 2.97. The van der Waals surface area contributed by atoms with Gasteiger partial charge in [0.2, 0.25) is 0 Å². The molecule has 0 heterocycles. The molecule has 0 unspecified atom stereocenters. The Labute approximate surface area is 123 Å². The summed E-state index contributed by atoms with van der Waals surface area (Å²) >= 11 is 0. The summed E-state index contributed by atoms with van der Waals surface area (Å²) in [7, 11) is 0. The molecule has 2 aromatic rings. The van der Waals surface area contributed by atoms with Gasteiger partial charge < -0.3 is 4.74 Å². The fourth-order valence-corrected chi connectivity index (χ4v) is 1.79. The van der Waals surface area contributed by atoms with Crippen molar-refractivity contribution >= 4 is 0 Å². The smallest absolute Gasteiger partial charge is 0.119 e. The number of benzene rings is 2. The summed E-state index contributed by atoms with van der Waals surface area (Å²) < 4.78 is 5.76. The van der Waals surface area contributed by atoms with E-state index in [0.717, 1.165) is 5.75 Å². The van der Waals surface area contributed by atoms with Crippen molar-refractivity contribution in [2.45, 2.75) is 46.6 Å². The van der Waals surface area contributed by atoms with Crippen molar-refractivity contribution in [1.29, 1.82) is 0 Å². The fraction of sp³-hybridized carbons (Fsp3) is 0.368. The molecule has 2 rings (SSSR count). The normalized spacial score (nSPS) is 10.4. The molecule has 0 spiro atoms. The Kier molecular flexibility index (Phi) is 6.30. The molecule has 0 fully saturated rings. The SMILES string of the molecule is CC.CC(C)(C)c1ccc(OCc2ccccc2)cc1. The molecule has 0 N–H and O–H groups in total. The van der Waals surface area contributed by atoms with Crippen molar-refractivity contribution in [2.75, 3.05) is 0 Å². The van der Waals surface area contributed by atoms with Crippen LogP contribution in [0.5, 0.6) is 5.75 Å². The molecule has 0 atom stereocenters. The highest BCUT2D eigenvalue weighted by Gasteiger charge is 2.12. The minimum Gasteiger partial charge on any atom is -0.489 e. The van der Waals surface area contributed by atoms with Gasteiger partial charge in [0.05, 0.1) is 0 Å². The Morgan fingerprint density at radius 3 is 1.85 bits per heavy atom. The predicted octanol–water partition coefficient (Wildman–Crippen LogP) is 5.59. The largest absolute Gasteiger partial charge is 0.489 e. The van der Waals surface area contributed by atoms with Gasteiger partial charge in [0, 0.05) is 0 Å². The van der Waals surface area contributed by atoms with Crippen LogP contribution < -0.4 is 4.74 Å². The van der Waals surface area contributed by atoms with Gasteiger partial charge in [-0.1, -0.05) is 77.1 Å². The average Bonchev–Trinajstić information content (AvgIpc) is 2.48. The molecule has 0 bridgehead atoms. The first-order chi connectivity index (χ1) is 9.55. The van der Waals surface area contributed by atoms with Gasteiger partial charge in [-0.2, -0.15) is 0 Å². The van der Waals surface area contributed by atoms with E-state index < -0.39 is 0 Å². The molecule has 0 saturated heterocycles. The van der Waals surface area contributed by atoms with E-state index in [0.29, 0.717) is 6.61 Å². The lowest BCUT2D eigenvalue weighted by atomic mass is 9.87. The molecule has 0 aliphatic rings. The molecular weight excluding hydrogens is 244 g/mol. The average molecular weight is 270 g/mol. The molecule has 1 nitrogen and oxygen atoms in total. The topological polar surface area (TPSA) is 9.23 Å². The maximum Gasteiger partial charge on any atom is 0.119 e. The fourth-order valence-electron chi connectivity index (χ4n) is 1.79. The van der Waals surface area contributed by atoms with Gasteiger partial charge in [-0.3, -0.25) is 0 Å². The van der Waals surface area contributed by atoms with Crippen molar-refractivity contribution < 1.29 is 4.74 Å². The van der Waals surface area contributed by atoms with Crippen LogP contribution in [0.4, 0.5) is 0 Å². The van der Waals surface area contributed by atoms with Crippen LogP contribution in [0.25, 0.3) is 0 Å². The molecule has 20 heavy (non-hydrogen) atoms. The van der Waals surface area contributed by atoms with Crippen LogP contribution in [-0.4, -0.2) is 0 Å². The van der Waals surface area contributed by atoms with Crippen molar-refractivity contribution in [3.05, 3.63) is 65.7 Å². The second kappa shape index (κ2) is 7.74. The van der Waals surface area contributed by atoms with E-state index in [2.05, 4.69) is 45.0 Å². The monoisotopic (exact) mass is 270 g/mol. The van der Waals surface area contributed by atoms with Crippen molar-refractivity contribution in [3.8, 4) is 5.75 Å². The summed E-state index contributed by atoms with van der Waals surface area (Å²) in [5, 5.41) is 0. The maximum absolute atomic E-state index is 5.76. The second-order valence-electron chi connectivity index (χ2n) is 5.55. The zero-order valence-corrected chi connectivity index (χ0v) is 13.3. The van der Waals surface area contributed by atoms with Crippen LogP contribution in [0.1, 0.15) is 45.7 Å². The summed E-state index contributed by atoms with van der Waals surface area (Å²) in [6.45, 7) is 11.3. The standard InChI is InChI=1S/C17H20O.C2H6/c1-17(2,3)15-9-11-16(12-10-15)18-13-14-7-5-4-6-8-14;1-2/h4-12H,13H2,1-3H3;1-2H3. The van der Waals surface area contributed by atoms with Crippen LogP contribution in [0, 0.1) is 0 Å². The van der Waals surface area contributed by atoms with Gasteiger partial charge in [0.25, 0.3) is 0 Å². The van der Waals surface area contributed by atoms with E-state index >= 15 is 0 Å². The maximum atomic E-state index is 5.76. The zero-order chi connectivity index (χ0) is 15.0. The number of hydrogen-bond acceptors (Lipinski definition) is 1. The van der Waals surface area contributed by atoms with Gasteiger partial charge in [0.1, 0.15) is 12.4 Å². The predicted molar refractivity (Wildman–Crippen MR) is 87.3 cm³/mol. The summed E-state index contributed by atoms with van der Waals surface area (Å²) in [4.78, 5) is 0. The first kappa shape index (κ1) is 16.3. The van der Waals surface area contributed by atoms with Gasteiger partial charge in [-0.05, 0) is 28.7 Å². The summed E-state index contributed by atoms with van der Waals surface area (Å²) in [5.74, 6) is 0.923. The first-order valence-corrected chi connectivity index (χ1v) is 7.33. The Hall–Kier alpha value is -1.76. The van der Waals surface area contributed by atoms with E-state index in [9.17, 15) is 0 Å². The first-order valence-electron chi connectivity index (χ1n) is 7.33. The summed E-state index contributed by atoms with van der Waals surface area (Å²) in [5.41, 5.74) is 2.71. The molecule has 108 valence electrons. The van der Waals surface area contributed by atoms with Gasteiger partial charge in [-0.25, -0.2) is 0 Å². The molecule has 0 saturated carbocycles. The molecule has 0 amide bonds. The molecule has 0 radical (unpaired) electrons. The highest BCUT2D eigenvalue weighted by atomic mass is 16.5. The van der Waals surface area contributed by atoms with Crippen LogP contribution in [-0.2, 0) is 12.0 Å². The van der Waals surface area contributed by atoms with E-state index in [-0.39, 0.29) is 5.41 Å². The molecule has 0 aliphatic heterocycles. The second-order valence-corrected chi connectivity index (χ2v) is 5.55. The lowest BCUT2D eigenvalue weighted by molar-refractivity contribution is 0.306. The minimum absolute atomic E-state index is 0.192. The Morgan fingerprint density at radius 2 is 1.35 bits per heavy atom. The number of hydrogen-bond donors (Lipinski definition) is 0. The van der Waals surface area contributed by atoms with Gasteiger partial charge in [0.15, 0.2) is 0 Å². The number of rotatable bonds is 3. The van der Waals surface area contributed by atoms with Crippen LogP contribution in [0.2, 0.25) is 0 Å². The number of ether oxygens (including phenoxy) is 1. The third kappa shape index (κ3) is 5.08. The van der Waals surface area contributed by atoms with Crippen LogP contribution >= 0.6 is 0 Å². The van der Waals surface area contributed by atoms with Crippen molar-refractivity contribution in [3.63, 3.8) is 0 Å². The van der Waals surface area contributed by atoms with E-state index in [1.807, 2.05) is 44.2 Å². The van der Waals surface area contributed by atoms with Crippen molar-refractivity contribution in [1.82, 2.24) is 0 Å². The molecule has 2 aromatic carbocycles.